The number of hydrogen-bond donors (Lipinski definition) is 2. The molecule has 0 amide bonds. The molecule has 3 N–H and O–H groups in total. The smallest absolute Gasteiger partial charge is 0.398 e. The summed E-state index contributed by atoms with van der Waals surface area (Å²) in [6.07, 6.45) is -4.37. The molecule has 0 fully saturated rings. The van der Waals surface area contributed by atoms with Crippen molar-refractivity contribution in [3.8, 4) is 22.8 Å². The molecule has 3 aromatic rings. The fourth-order valence-corrected chi connectivity index (χ4v) is 2.14. The van der Waals surface area contributed by atoms with Crippen LogP contribution in [0.5, 0.6) is 0 Å². The number of nitrogens with two attached hydrogens (primary N) is 1. The summed E-state index contributed by atoms with van der Waals surface area (Å²) in [5.41, 5.74) is 6.56. The molecule has 0 aliphatic carbocycles. The number of aromatic amines is 1. The van der Waals surface area contributed by atoms with Crippen molar-refractivity contribution < 1.29 is 13.2 Å². The summed E-state index contributed by atoms with van der Waals surface area (Å²) in [7, 11) is 0. The number of aromatic nitrogens is 3. The molecule has 0 saturated heterocycles. The van der Waals surface area contributed by atoms with Crippen LogP contribution in [-0.2, 0) is 6.18 Å². The van der Waals surface area contributed by atoms with E-state index in [0.29, 0.717) is 33.5 Å². The van der Waals surface area contributed by atoms with Gasteiger partial charge < -0.3 is 5.73 Å². The summed E-state index contributed by atoms with van der Waals surface area (Å²) in [4.78, 5) is 4.27. The van der Waals surface area contributed by atoms with Crippen molar-refractivity contribution in [1.82, 2.24) is 15.2 Å². The van der Waals surface area contributed by atoms with E-state index in [0.717, 1.165) is 12.1 Å². The van der Waals surface area contributed by atoms with Gasteiger partial charge in [0.15, 0.2) is 11.6 Å². The average molecular weight is 339 g/mol. The summed E-state index contributed by atoms with van der Waals surface area (Å²) in [5.74, 6) is 0.741. The van der Waals surface area contributed by atoms with Gasteiger partial charge in [0.2, 0.25) is 0 Å². The summed E-state index contributed by atoms with van der Waals surface area (Å²) < 4.78 is 37.7. The molecule has 0 aliphatic heterocycles. The van der Waals surface area contributed by atoms with Gasteiger partial charge in [-0.25, -0.2) is 4.98 Å². The standard InChI is InChI=1S/C15H10ClF3N4/c16-11-6-3-9(7-12(11)20)14-21-13(22-23-14)8-1-4-10(5-2-8)15(17,18)19/h1-7H,20H2,(H,21,22,23). The van der Waals surface area contributed by atoms with Gasteiger partial charge in [0, 0.05) is 11.1 Å². The topological polar surface area (TPSA) is 67.6 Å². The van der Waals surface area contributed by atoms with E-state index in [1.54, 1.807) is 18.2 Å². The van der Waals surface area contributed by atoms with E-state index < -0.39 is 11.7 Å². The third kappa shape index (κ3) is 3.14. The number of anilines is 1. The van der Waals surface area contributed by atoms with Crippen molar-refractivity contribution in [3.05, 3.63) is 53.1 Å². The number of rotatable bonds is 2. The molecular weight excluding hydrogens is 329 g/mol. The first-order chi connectivity index (χ1) is 10.8. The SMILES string of the molecule is Nc1cc(-c2n[nH]c(-c3ccc(C(F)(F)F)cc3)n2)ccc1Cl. The number of halogens is 4. The third-order valence-corrected chi connectivity index (χ3v) is 3.57. The molecule has 0 aliphatic rings. The number of alkyl halides is 3. The first kappa shape index (κ1) is 15.4. The van der Waals surface area contributed by atoms with Crippen LogP contribution < -0.4 is 5.73 Å². The lowest BCUT2D eigenvalue weighted by Gasteiger charge is -2.06. The Morgan fingerprint density at radius 3 is 2.26 bits per heavy atom. The minimum Gasteiger partial charge on any atom is -0.398 e. The highest BCUT2D eigenvalue weighted by molar-refractivity contribution is 6.33. The Labute approximate surface area is 134 Å². The van der Waals surface area contributed by atoms with Crippen molar-refractivity contribution in [3.63, 3.8) is 0 Å². The minimum absolute atomic E-state index is 0.363. The van der Waals surface area contributed by atoms with Crippen molar-refractivity contribution in [2.24, 2.45) is 0 Å². The molecule has 0 spiro atoms. The number of nitrogens with zero attached hydrogens (tertiary/aromatic N) is 2. The monoisotopic (exact) mass is 338 g/mol. The Kier molecular flexibility index (Phi) is 3.73. The van der Waals surface area contributed by atoms with Crippen molar-refractivity contribution in [1.29, 1.82) is 0 Å². The first-order valence-electron chi connectivity index (χ1n) is 6.50. The van der Waals surface area contributed by atoms with Crippen molar-refractivity contribution in [2.45, 2.75) is 6.18 Å². The van der Waals surface area contributed by atoms with Gasteiger partial charge in [0.1, 0.15) is 0 Å². The summed E-state index contributed by atoms with van der Waals surface area (Å²) in [6.45, 7) is 0. The number of hydrogen-bond acceptors (Lipinski definition) is 3. The second-order valence-electron chi connectivity index (χ2n) is 4.82. The van der Waals surface area contributed by atoms with Gasteiger partial charge in [-0.2, -0.15) is 18.3 Å². The quantitative estimate of drug-likeness (QED) is 0.681. The summed E-state index contributed by atoms with van der Waals surface area (Å²) in [6, 6.07) is 9.63. The fraction of sp³-hybridized carbons (Fsp3) is 0.0667. The van der Waals surface area contributed by atoms with Gasteiger partial charge in [-0.3, -0.25) is 5.10 Å². The zero-order chi connectivity index (χ0) is 16.6. The predicted octanol–water partition coefficient (Wildman–Crippen LogP) is 4.39. The van der Waals surface area contributed by atoms with Crippen LogP contribution in [0.25, 0.3) is 22.8 Å². The molecule has 1 aromatic heterocycles. The van der Waals surface area contributed by atoms with E-state index in [1.165, 1.54) is 12.1 Å². The van der Waals surface area contributed by atoms with E-state index in [4.69, 9.17) is 17.3 Å². The maximum atomic E-state index is 12.6. The lowest BCUT2D eigenvalue weighted by atomic mass is 10.1. The Bertz CT molecular complexity index is 841. The zero-order valence-electron chi connectivity index (χ0n) is 11.5. The molecule has 2 aromatic carbocycles. The van der Waals surface area contributed by atoms with E-state index in [2.05, 4.69) is 15.2 Å². The number of benzene rings is 2. The van der Waals surface area contributed by atoms with Gasteiger partial charge >= 0.3 is 6.18 Å². The zero-order valence-corrected chi connectivity index (χ0v) is 12.3. The van der Waals surface area contributed by atoms with Crippen LogP contribution in [0.15, 0.2) is 42.5 Å². The van der Waals surface area contributed by atoms with Crippen LogP contribution in [-0.4, -0.2) is 15.2 Å². The van der Waals surface area contributed by atoms with Crippen LogP contribution in [0.4, 0.5) is 18.9 Å². The average Bonchev–Trinajstić information content (AvgIpc) is 2.99. The lowest BCUT2D eigenvalue weighted by Crippen LogP contribution is -2.04. The van der Waals surface area contributed by atoms with Crippen LogP contribution in [0.1, 0.15) is 5.56 Å². The Hall–Kier alpha value is -2.54. The molecule has 23 heavy (non-hydrogen) atoms. The molecule has 118 valence electrons. The van der Waals surface area contributed by atoms with Crippen molar-refractivity contribution >= 4 is 17.3 Å². The highest BCUT2D eigenvalue weighted by Crippen LogP contribution is 2.31. The van der Waals surface area contributed by atoms with Gasteiger partial charge in [-0.1, -0.05) is 23.7 Å². The summed E-state index contributed by atoms with van der Waals surface area (Å²) in [5, 5.41) is 7.17. The molecule has 0 atom stereocenters. The summed E-state index contributed by atoms with van der Waals surface area (Å²) >= 11 is 5.86. The Morgan fingerprint density at radius 2 is 1.65 bits per heavy atom. The lowest BCUT2D eigenvalue weighted by molar-refractivity contribution is -0.137. The van der Waals surface area contributed by atoms with Gasteiger partial charge in [-0.15, -0.1) is 0 Å². The third-order valence-electron chi connectivity index (χ3n) is 3.23. The normalized spacial score (nSPS) is 11.7. The molecule has 0 saturated carbocycles. The van der Waals surface area contributed by atoms with Gasteiger partial charge in [0.05, 0.1) is 16.3 Å². The maximum absolute atomic E-state index is 12.6. The van der Waals surface area contributed by atoms with Crippen LogP contribution >= 0.6 is 11.6 Å². The van der Waals surface area contributed by atoms with Crippen LogP contribution in [0.2, 0.25) is 5.02 Å². The fourth-order valence-electron chi connectivity index (χ4n) is 2.02. The Morgan fingerprint density at radius 1 is 1.00 bits per heavy atom. The largest absolute Gasteiger partial charge is 0.416 e. The second kappa shape index (κ2) is 5.58. The molecule has 8 heteroatoms. The van der Waals surface area contributed by atoms with E-state index in [-0.39, 0.29) is 0 Å². The molecule has 0 radical (unpaired) electrons. The minimum atomic E-state index is -4.37. The van der Waals surface area contributed by atoms with E-state index in [9.17, 15) is 13.2 Å². The molecular formula is C15H10ClF3N4. The van der Waals surface area contributed by atoms with Crippen LogP contribution in [0, 0.1) is 0 Å². The van der Waals surface area contributed by atoms with Gasteiger partial charge in [-0.05, 0) is 30.3 Å². The number of H-pyrrole nitrogens is 1. The predicted molar refractivity (Wildman–Crippen MR) is 81.7 cm³/mol. The molecule has 0 bridgehead atoms. The van der Waals surface area contributed by atoms with E-state index >= 15 is 0 Å². The van der Waals surface area contributed by atoms with Crippen molar-refractivity contribution in [2.75, 3.05) is 5.73 Å². The number of nitrogen functional groups attached to an aromatic ring is 1. The Balaban J connectivity index is 1.91. The highest BCUT2D eigenvalue weighted by atomic mass is 35.5. The molecule has 0 unspecified atom stereocenters. The highest BCUT2D eigenvalue weighted by Gasteiger charge is 2.30. The maximum Gasteiger partial charge on any atom is 0.416 e. The van der Waals surface area contributed by atoms with E-state index in [1.807, 2.05) is 0 Å². The van der Waals surface area contributed by atoms with Gasteiger partial charge in [0.25, 0.3) is 0 Å². The second-order valence-corrected chi connectivity index (χ2v) is 5.23. The molecule has 3 rings (SSSR count). The first-order valence-corrected chi connectivity index (χ1v) is 6.88. The van der Waals surface area contributed by atoms with Crippen LogP contribution in [0.3, 0.4) is 0 Å². The molecule has 4 nitrogen and oxygen atoms in total. The number of nitrogens with one attached hydrogen (secondary N) is 1. The molecule has 1 heterocycles.